The Kier molecular flexibility index (Phi) is 7.83. The van der Waals surface area contributed by atoms with Crippen molar-refractivity contribution in [2.24, 2.45) is 4.99 Å². The molecule has 0 saturated heterocycles. The highest BCUT2D eigenvalue weighted by Crippen LogP contribution is 2.30. The summed E-state index contributed by atoms with van der Waals surface area (Å²) in [6, 6.07) is 12.7. The number of aliphatic imine (C=N–C) groups is 1. The highest BCUT2D eigenvalue weighted by atomic mass is 35.5. The Morgan fingerprint density at radius 3 is 2.39 bits per heavy atom. The molecule has 1 atom stereocenters. The highest BCUT2D eigenvalue weighted by Gasteiger charge is 2.20. The first-order valence-electron chi connectivity index (χ1n) is 8.12. The van der Waals surface area contributed by atoms with Gasteiger partial charge in [0.15, 0.2) is 0 Å². The van der Waals surface area contributed by atoms with E-state index >= 15 is 0 Å². The van der Waals surface area contributed by atoms with E-state index in [9.17, 15) is 4.79 Å². The third kappa shape index (κ3) is 5.71. The molecular formula is C21H16Cl3N3O. The van der Waals surface area contributed by atoms with Gasteiger partial charge in [0.25, 0.3) is 5.91 Å². The fourth-order valence-electron chi connectivity index (χ4n) is 2.37. The van der Waals surface area contributed by atoms with Crippen molar-refractivity contribution in [3.05, 3.63) is 92.1 Å². The maximum Gasteiger partial charge on any atom is 0.252 e. The Morgan fingerprint density at radius 1 is 1.18 bits per heavy atom. The second kappa shape index (κ2) is 10.1. The van der Waals surface area contributed by atoms with E-state index in [-0.39, 0.29) is 5.91 Å². The summed E-state index contributed by atoms with van der Waals surface area (Å²) >= 11 is 18.1. The van der Waals surface area contributed by atoms with Gasteiger partial charge < -0.3 is 5.32 Å². The molecule has 7 heteroatoms. The molecule has 0 unspecified atom stereocenters. The molecule has 0 fully saturated rings. The molecule has 0 bridgehead atoms. The van der Waals surface area contributed by atoms with Gasteiger partial charge in [-0.1, -0.05) is 40.9 Å². The molecule has 2 aromatic carbocycles. The van der Waals surface area contributed by atoms with E-state index in [4.69, 9.17) is 40.1 Å². The molecule has 0 aliphatic rings. The largest absolute Gasteiger partial charge is 0.340 e. The second-order valence-electron chi connectivity index (χ2n) is 5.77. The molecule has 0 aliphatic carbocycles. The molecule has 2 aromatic rings. The molecule has 0 saturated carbocycles. The van der Waals surface area contributed by atoms with Crippen LogP contribution in [0, 0.1) is 11.3 Å². The van der Waals surface area contributed by atoms with E-state index in [0.717, 1.165) is 0 Å². The molecular weight excluding hydrogens is 417 g/mol. The zero-order valence-corrected chi connectivity index (χ0v) is 17.2. The van der Waals surface area contributed by atoms with Crippen LogP contribution in [0.5, 0.6) is 0 Å². The number of halogens is 3. The first-order chi connectivity index (χ1) is 13.3. The average Bonchev–Trinajstić information content (AvgIpc) is 2.69. The van der Waals surface area contributed by atoms with Crippen molar-refractivity contribution in [1.82, 2.24) is 5.32 Å². The van der Waals surface area contributed by atoms with Crippen LogP contribution in [0.4, 0.5) is 0 Å². The summed E-state index contributed by atoms with van der Waals surface area (Å²) < 4.78 is 0. The maximum absolute atomic E-state index is 12.8. The van der Waals surface area contributed by atoms with Crippen LogP contribution in [-0.2, 0) is 0 Å². The van der Waals surface area contributed by atoms with Gasteiger partial charge in [-0.3, -0.25) is 9.79 Å². The molecule has 0 spiro atoms. The van der Waals surface area contributed by atoms with E-state index in [1.165, 1.54) is 0 Å². The summed E-state index contributed by atoms with van der Waals surface area (Å²) in [4.78, 5) is 16.8. The van der Waals surface area contributed by atoms with Crippen molar-refractivity contribution in [2.45, 2.75) is 13.0 Å². The number of nitriles is 1. The lowest BCUT2D eigenvalue weighted by Gasteiger charge is -2.20. The molecule has 2 rings (SSSR count). The van der Waals surface area contributed by atoms with Gasteiger partial charge in [0.05, 0.1) is 33.4 Å². The minimum atomic E-state index is -0.636. The average molecular weight is 433 g/mol. The van der Waals surface area contributed by atoms with Gasteiger partial charge in [-0.25, -0.2) is 0 Å². The van der Waals surface area contributed by atoms with Crippen LogP contribution in [0.15, 0.2) is 70.3 Å². The fourth-order valence-corrected chi connectivity index (χ4v) is 2.74. The lowest BCUT2D eigenvalue weighted by Crippen LogP contribution is -2.29. The number of hydrogen-bond acceptors (Lipinski definition) is 3. The first kappa shape index (κ1) is 21.7. The lowest BCUT2D eigenvalue weighted by atomic mass is 10.0. The third-order valence-corrected chi connectivity index (χ3v) is 4.66. The Hall–Kier alpha value is -2.58. The predicted molar refractivity (Wildman–Crippen MR) is 115 cm³/mol. The summed E-state index contributed by atoms with van der Waals surface area (Å²) in [6.07, 6.45) is 3.32. The summed E-state index contributed by atoms with van der Waals surface area (Å²) in [5.41, 5.74) is 2.02. The number of carbonyl (C=O) groups is 1. The third-order valence-electron chi connectivity index (χ3n) is 3.79. The highest BCUT2D eigenvalue weighted by molar-refractivity contribution is 6.42. The summed E-state index contributed by atoms with van der Waals surface area (Å²) in [5, 5.41) is 13.1. The minimum Gasteiger partial charge on any atom is -0.340 e. The van der Waals surface area contributed by atoms with Gasteiger partial charge in [-0.2, -0.15) is 5.26 Å². The Balaban J connectivity index is 2.44. The Bertz CT molecular complexity index is 985. The van der Waals surface area contributed by atoms with Gasteiger partial charge in [0.2, 0.25) is 0 Å². The fraction of sp³-hybridized carbons (Fsp3) is 0.0952. The topological polar surface area (TPSA) is 65.2 Å². The zero-order chi connectivity index (χ0) is 20.7. The molecule has 1 N–H and O–H groups in total. The smallest absolute Gasteiger partial charge is 0.252 e. The standard InChI is InChI=1S/C21H16Cl3N3O/c1-13(22)3-10-19(26-2)20(16-8-9-17(23)18(24)11-16)27-21(28)15-6-4-14(12-25)5-7-15/h3-11,20H,2H2,1H3,(H,27,28)/b13-3+,19-10-/t20-/m0/s1. The molecule has 28 heavy (non-hydrogen) atoms. The number of allylic oxidation sites excluding steroid dienone is 3. The normalized spacial score (nSPS) is 12.8. The first-order valence-corrected chi connectivity index (χ1v) is 9.25. The number of nitrogens with zero attached hydrogens (tertiary/aromatic N) is 2. The molecule has 0 aromatic heterocycles. The number of amides is 1. The van der Waals surface area contributed by atoms with Crippen molar-refractivity contribution < 1.29 is 4.79 Å². The number of rotatable bonds is 6. The maximum atomic E-state index is 12.8. The molecule has 4 nitrogen and oxygen atoms in total. The molecule has 0 heterocycles. The van der Waals surface area contributed by atoms with Crippen molar-refractivity contribution in [2.75, 3.05) is 0 Å². The van der Waals surface area contributed by atoms with E-state index in [1.807, 2.05) is 6.07 Å². The Labute approximate surface area is 178 Å². The summed E-state index contributed by atoms with van der Waals surface area (Å²) in [5.74, 6) is -0.346. The van der Waals surface area contributed by atoms with Crippen LogP contribution in [0.25, 0.3) is 0 Å². The molecule has 0 aliphatic heterocycles. The van der Waals surface area contributed by atoms with Crippen LogP contribution >= 0.6 is 34.8 Å². The van der Waals surface area contributed by atoms with Crippen molar-refractivity contribution >= 4 is 47.4 Å². The van der Waals surface area contributed by atoms with E-state index in [2.05, 4.69) is 17.0 Å². The number of benzene rings is 2. The molecule has 1 amide bonds. The predicted octanol–water partition coefficient (Wildman–Crippen LogP) is 6.06. The quantitative estimate of drug-likeness (QED) is 0.445. The van der Waals surface area contributed by atoms with Crippen molar-refractivity contribution in [3.8, 4) is 6.07 Å². The number of nitrogens with one attached hydrogen (secondary N) is 1. The van der Waals surface area contributed by atoms with Crippen LogP contribution in [0.3, 0.4) is 0 Å². The van der Waals surface area contributed by atoms with Crippen molar-refractivity contribution in [3.63, 3.8) is 0 Å². The van der Waals surface area contributed by atoms with Crippen LogP contribution in [-0.4, -0.2) is 12.6 Å². The minimum absolute atomic E-state index is 0.346. The van der Waals surface area contributed by atoms with Crippen LogP contribution in [0.1, 0.15) is 34.5 Å². The number of hydrogen-bond donors (Lipinski definition) is 1. The van der Waals surface area contributed by atoms with Crippen LogP contribution < -0.4 is 5.32 Å². The van der Waals surface area contributed by atoms with Gasteiger partial charge in [-0.15, -0.1) is 0 Å². The van der Waals surface area contributed by atoms with Gasteiger partial charge in [0.1, 0.15) is 0 Å². The monoisotopic (exact) mass is 431 g/mol. The van der Waals surface area contributed by atoms with E-state index in [0.29, 0.717) is 37.5 Å². The molecule has 142 valence electrons. The Morgan fingerprint density at radius 2 is 1.86 bits per heavy atom. The molecule has 0 radical (unpaired) electrons. The van der Waals surface area contributed by atoms with Gasteiger partial charge in [0, 0.05) is 10.6 Å². The zero-order valence-electron chi connectivity index (χ0n) is 14.9. The second-order valence-corrected chi connectivity index (χ2v) is 7.18. The van der Waals surface area contributed by atoms with Gasteiger partial charge >= 0.3 is 0 Å². The van der Waals surface area contributed by atoms with Crippen molar-refractivity contribution in [1.29, 1.82) is 5.26 Å². The van der Waals surface area contributed by atoms with Gasteiger partial charge in [-0.05, 0) is 67.8 Å². The van der Waals surface area contributed by atoms with E-state index < -0.39 is 6.04 Å². The lowest BCUT2D eigenvalue weighted by molar-refractivity contribution is 0.0942. The SMILES string of the molecule is C=N/C(=C\C=C(/C)Cl)[C@@H](NC(=O)c1ccc(C#N)cc1)c1ccc(Cl)c(Cl)c1. The summed E-state index contributed by atoms with van der Waals surface area (Å²) in [6.45, 7) is 5.32. The number of carbonyl (C=O) groups excluding carboxylic acids is 1. The summed E-state index contributed by atoms with van der Waals surface area (Å²) in [7, 11) is 0. The van der Waals surface area contributed by atoms with E-state index in [1.54, 1.807) is 61.5 Å². The van der Waals surface area contributed by atoms with Crippen LogP contribution in [0.2, 0.25) is 10.0 Å².